The number of thiol groups is 1. The molecular weight excluding hydrogens is 113 g/mol. The van der Waals surface area contributed by atoms with Gasteiger partial charge in [-0.25, -0.2) is 4.79 Å². The Morgan fingerprint density at radius 3 is 2.43 bits per heavy atom. The fraction of sp³-hybridized carbons (Fsp3) is 0.500. The second-order valence-electron chi connectivity index (χ2n) is 0.907. The first-order valence-electron chi connectivity index (χ1n) is 1.55. The van der Waals surface area contributed by atoms with E-state index in [9.17, 15) is 4.79 Å². The van der Waals surface area contributed by atoms with Gasteiger partial charge in [0, 0.05) is 0 Å². The van der Waals surface area contributed by atoms with E-state index in [0.29, 0.717) is 0 Å². The average Bonchev–Trinajstić information content (AvgIpc) is 1.65. The van der Waals surface area contributed by atoms with Crippen LogP contribution in [0.15, 0.2) is 0 Å². The lowest BCUT2D eigenvalue weighted by Gasteiger charge is -1.99. The van der Waals surface area contributed by atoms with Gasteiger partial charge in [-0.15, -0.1) is 12.6 Å². The van der Waals surface area contributed by atoms with Crippen LogP contribution in [-0.4, -0.2) is 24.4 Å². The number of carbonyl (C=O) groups is 1. The summed E-state index contributed by atoms with van der Waals surface area (Å²) in [5, 5.41) is 8.93. The summed E-state index contributed by atoms with van der Waals surface area (Å²) >= 11 is 3.49. The average molecular weight is 117 g/mol. The van der Waals surface area contributed by atoms with Crippen molar-refractivity contribution < 1.29 is 9.90 Å². The van der Waals surface area contributed by atoms with E-state index in [4.69, 9.17) is 5.11 Å². The van der Waals surface area contributed by atoms with Crippen LogP contribution in [0.5, 0.6) is 0 Å². The lowest BCUT2D eigenvalue weighted by atomic mass is 10.4. The minimum atomic E-state index is -1.08. The molecule has 0 heterocycles. The van der Waals surface area contributed by atoms with E-state index in [1.807, 2.05) is 5.23 Å². The van der Waals surface area contributed by atoms with Crippen LogP contribution < -0.4 is 5.23 Å². The molecule has 3 nitrogen and oxygen atoms in total. The third-order valence-corrected chi connectivity index (χ3v) is 0.762. The zero-order valence-corrected chi connectivity index (χ0v) is 4.35. The van der Waals surface area contributed by atoms with Crippen LogP contribution in [0.3, 0.4) is 0 Å². The van der Waals surface area contributed by atoms with Gasteiger partial charge in [0.1, 0.15) is 5.37 Å². The smallest absolute Gasteiger partial charge is 0.329 e. The lowest BCUT2D eigenvalue weighted by Crippen LogP contribution is -2.28. The molecule has 0 aromatic rings. The van der Waals surface area contributed by atoms with Gasteiger partial charge in [0.05, 0.1) is 0 Å². The molecular formula is C2H4BNO2S. The summed E-state index contributed by atoms with van der Waals surface area (Å²) in [5.41, 5.74) is 0. The highest BCUT2D eigenvalue weighted by molar-refractivity contribution is 7.81. The highest BCUT2D eigenvalue weighted by atomic mass is 32.1. The third-order valence-electron chi connectivity index (χ3n) is 0.392. The highest BCUT2D eigenvalue weighted by Gasteiger charge is 2.05. The second kappa shape index (κ2) is 2.93. The number of hydrogen-bond acceptors (Lipinski definition) is 3. The Balaban J connectivity index is 3.34. The Kier molecular flexibility index (Phi) is 2.86. The summed E-state index contributed by atoms with van der Waals surface area (Å²) in [7, 11) is 4.67. The summed E-state index contributed by atoms with van der Waals surface area (Å²) in [6.45, 7) is 0. The summed E-state index contributed by atoms with van der Waals surface area (Å²) in [6.07, 6.45) is 0. The molecule has 2 N–H and O–H groups in total. The molecule has 0 aromatic heterocycles. The molecule has 0 fully saturated rings. The minimum Gasteiger partial charge on any atom is -0.479 e. The SMILES string of the molecule is [B]NC(S)C(=O)O. The number of hydrogen-bond donors (Lipinski definition) is 3. The first kappa shape index (κ1) is 6.84. The van der Waals surface area contributed by atoms with Gasteiger partial charge >= 0.3 is 5.97 Å². The van der Waals surface area contributed by atoms with E-state index in [1.165, 1.54) is 0 Å². The Labute approximate surface area is 47.9 Å². The third kappa shape index (κ3) is 2.53. The molecule has 0 amide bonds. The van der Waals surface area contributed by atoms with E-state index < -0.39 is 11.3 Å². The molecule has 1 atom stereocenters. The summed E-state index contributed by atoms with van der Waals surface area (Å²) in [6, 6.07) is 0. The predicted octanol–water partition coefficient (Wildman–Crippen LogP) is -1.00. The van der Waals surface area contributed by atoms with Crippen molar-refractivity contribution in [2.45, 2.75) is 5.37 Å². The van der Waals surface area contributed by atoms with Crippen molar-refractivity contribution in [3.63, 3.8) is 0 Å². The topological polar surface area (TPSA) is 49.3 Å². The van der Waals surface area contributed by atoms with Crippen LogP contribution in [-0.2, 0) is 4.79 Å². The summed E-state index contributed by atoms with van der Waals surface area (Å²) in [4.78, 5) is 9.71. The zero-order valence-electron chi connectivity index (χ0n) is 3.46. The molecule has 0 spiro atoms. The van der Waals surface area contributed by atoms with Gasteiger partial charge in [-0.05, 0) is 0 Å². The van der Waals surface area contributed by atoms with Crippen molar-refractivity contribution in [1.82, 2.24) is 5.23 Å². The Morgan fingerprint density at radius 1 is 2.00 bits per heavy atom. The van der Waals surface area contributed by atoms with Crippen molar-refractivity contribution in [3.05, 3.63) is 0 Å². The van der Waals surface area contributed by atoms with Crippen molar-refractivity contribution in [1.29, 1.82) is 0 Å². The maximum absolute atomic E-state index is 9.71. The maximum Gasteiger partial charge on any atom is 0.329 e. The monoisotopic (exact) mass is 117 g/mol. The van der Waals surface area contributed by atoms with E-state index in [2.05, 4.69) is 20.6 Å². The molecule has 7 heavy (non-hydrogen) atoms. The van der Waals surface area contributed by atoms with Crippen molar-refractivity contribution in [2.75, 3.05) is 0 Å². The fourth-order valence-corrected chi connectivity index (χ4v) is 0.0713. The van der Waals surface area contributed by atoms with E-state index in [-0.39, 0.29) is 0 Å². The quantitative estimate of drug-likeness (QED) is 0.247. The number of nitrogens with one attached hydrogen (secondary N) is 1. The number of rotatable bonds is 2. The van der Waals surface area contributed by atoms with Crippen LogP contribution in [0.1, 0.15) is 0 Å². The molecule has 0 bridgehead atoms. The minimum absolute atomic E-state index is 0.958. The Hall–Kier alpha value is -0.155. The van der Waals surface area contributed by atoms with Gasteiger partial charge in [0.2, 0.25) is 0 Å². The molecule has 0 aliphatic heterocycles. The molecule has 1 unspecified atom stereocenters. The Morgan fingerprint density at radius 2 is 2.43 bits per heavy atom. The number of carboxylic acid groups (broad SMARTS) is 1. The first-order chi connectivity index (χ1) is 3.18. The molecule has 38 valence electrons. The first-order valence-corrected chi connectivity index (χ1v) is 2.07. The predicted molar refractivity (Wildman–Crippen MR) is 29.3 cm³/mol. The molecule has 0 aromatic carbocycles. The van der Waals surface area contributed by atoms with Crippen LogP contribution >= 0.6 is 12.6 Å². The van der Waals surface area contributed by atoms with Crippen LogP contribution in [0.4, 0.5) is 0 Å². The van der Waals surface area contributed by atoms with Gasteiger partial charge in [0.25, 0.3) is 0 Å². The zero-order chi connectivity index (χ0) is 5.86. The van der Waals surface area contributed by atoms with Crippen LogP contribution in [0.2, 0.25) is 0 Å². The summed E-state index contributed by atoms with van der Waals surface area (Å²) in [5.74, 6) is -1.08. The molecule has 5 heteroatoms. The van der Waals surface area contributed by atoms with Crippen LogP contribution in [0.25, 0.3) is 0 Å². The molecule has 0 aliphatic carbocycles. The highest BCUT2D eigenvalue weighted by Crippen LogP contribution is 1.84. The lowest BCUT2D eigenvalue weighted by molar-refractivity contribution is -0.136. The molecule has 2 radical (unpaired) electrons. The van der Waals surface area contributed by atoms with Gasteiger partial charge in [-0.3, -0.25) is 0 Å². The van der Waals surface area contributed by atoms with E-state index in [1.54, 1.807) is 0 Å². The van der Waals surface area contributed by atoms with Gasteiger partial charge < -0.3 is 10.3 Å². The number of carboxylic acids is 1. The molecule has 0 saturated heterocycles. The molecule has 0 rings (SSSR count). The van der Waals surface area contributed by atoms with E-state index >= 15 is 0 Å². The second-order valence-corrected chi connectivity index (χ2v) is 1.42. The number of aliphatic carboxylic acids is 1. The maximum atomic E-state index is 9.71. The van der Waals surface area contributed by atoms with Crippen molar-refractivity contribution >= 4 is 26.6 Å². The fourth-order valence-electron chi connectivity index (χ4n) is 0.0713. The van der Waals surface area contributed by atoms with Gasteiger partial charge in [0.15, 0.2) is 7.98 Å². The van der Waals surface area contributed by atoms with Gasteiger partial charge in [-0.1, -0.05) is 0 Å². The van der Waals surface area contributed by atoms with Crippen molar-refractivity contribution in [2.24, 2.45) is 0 Å². The molecule has 0 saturated carbocycles. The normalized spacial score (nSPS) is 13.3. The van der Waals surface area contributed by atoms with Gasteiger partial charge in [-0.2, -0.15) is 0 Å². The standard InChI is InChI=1S/C2H4BNO2S/c3-4-1(7)2(5)6/h1,4,7H,(H,5,6). The van der Waals surface area contributed by atoms with Crippen molar-refractivity contribution in [3.8, 4) is 0 Å². The largest absolute Gasteiger partial charge is 0.479 e. The summed E-state index contributed by atoms with van der Waals surface area (Å²) < 4.78 is 0. The van der Waals surface area contributed by atoms with Crippen LogP contribution in [0, 0.1) is 0 Å². The molecule has 0 aliphatic rings. The Bertz CT molecular complexity index is 78.1. The van der Waals surface area contributed by atoms with E-state index in [0.717, 1.165) is 0 Å².